The van der Waals surface area contributed by atoms with Crippen LogP contribution in [0, 0.1) is 6.92 Å². The number of carbonyl (C=O) groups excluding carboxylic acids is 1. The van der Waals surface area contributed by atoms with Gasteiger partial charge in [-0.15, -0.1) is 11.3 Å². The average Bonchev–Trinajstić information content (AvgIpc) is 3.13. The van der Waals surface area contributed by atoms with Gasteiger partial charge in [0.15, 0.2) is 6.61 Å². The molecule has 3 rings (SSSR count). The van der Waals surface area contributed by atoms with Crippen LogP contribution in [0.3, 0.4) is 0 Å². The van der Waals surface area contributed by atoms with Crippen LogP contribution in [0.4, 0.5) is 5.69 Å². The molecule has 0 fully saturated rings. The number of hydrogen-bond donors (Lipinski definition) is 0. The van der Waals surface area contributed by atoms with E-state index in [-0.39, 0.29) is 12.5 Å². The Morgan fingerprint density at radius 1 is 1.00 bits per heavy atom. The van der Waals surface area contributed by atoms with Crippen molar-refractivity contribution in [3.63, 3.8) is 0 Å². The van der Waals surface area contributed by atoms with Gasteiger partial charge in [-0.25, -0.2) is 0 Å². The van der Waals surface area contributed by atoms with Gasteiger partial charge in [0.05, 0.1) is 6.54 Å². The molecule has 4 heteroatoms. The molecule has 24 heavy (non-hydrogen) atoms. The van der Waals surface area contributed by atoms with Gasteiger partial charge in [0.2, 0.25) is 0 Å². The topological polar surface area (TPSA) is 29.5 Å². The number of nitrogens with zero attached hydrogens (tertiary/aromatic N) is 1. The van der Waals surface area contributed by atoms with E-state index in [9.17, 15) is 4.79 Å². The zero-order chi connectivity index (χ0) is 16.8. The van der Waals surface area contributed by atoms with Crippen LogP contribution >= 0.6 is 11.3 Å². The fraction of sp³-hybridized carbons (Fsp3) is 0.150. The fourth-order valence-corrected chi connectivity index (χ4v) is 3.04. The summed E-state index contributed by atoms with van der Waals surface area (Å²) in [5.74, 6) is 0.647. The zero-order valence-corrected chi connectivity index (χ0v) is 14.3. The highest BCUT2D eigenvalue weighted by atomic mass is 32.1. The molecule has 0 aliphatic rings. The number of carbonyl (C=O) groups is 1. The number of hydrogen-bond acceptors (Lipinski definition) is 3. The monoisotopic (exact) mass is 337 g/mol. The number of rotatable bonds is 6. The lowest BCUT2D eigenvalue weighted by atomic mass is 10.2. The zero-order valence-electron chi connectivity index (χ0n) is 13.5. The first-order valence-electron chi connectivity index (χ1n) is 7.79. The summed E-state index contributed by atoms with van der Waals surface area (Å²) < 4.78 is 5.66. The lowest BCUT2D eigenvalue weighted by Crippen LogP contribution is -2.34. The molecule has 1 heterocycles. The highest BCUT2D eigenvalue weighted by Crippen LogP contribution is 2.20. The molecule has 0 unspecified atom stereocenters. The first-order valence-corrected chi connectivity index (χ1v) is 8.67. The molecular formula is C20H19NO2S. The third kappa shape index (κ3) is 4.24. The molecule has 1 aromatic heterocycles. The highest BCUT2D eigenvalue weighted by molar-refractivity contribution is 7.09. The van der Waals surface area contributed by atoms with Gasteiger partial charge >= 0.3 is 0 Å². The molecule has 2 aromatic carbocycles. The van der Waals surface area contributed by atoms with Gasteiger partial charge in [-0.2, -0.15) is 0 Å². The van der Waals surface area contributed by atoms with E-state index >= 15 is 0 Å². The second-order valence-electron chi connectivity index (χ2n) is 5.50. The number of benzene rings is 2. The van der Waals surface area contributed by atoms with Crippen LogP contribution in [0.2, 0.25) is 0 Å². The highest BCUT2D eigenvalue weighted by Gasteiger charge is 2.17. The molecule has 0 atom stereocenters. The average molecular weight is 337 g/mol. The summed E-state index contributed by atoms with van der Waals surface area (Å²) in [7, 11) is 0. The van der Waals surface area contributed by atoms with E-state index in [1.54, 1.807) is 16.2 Å². The van der Waals surface area contributed by atoms with Crippen molar-refractivity contribution in [2.24, 2.45) is 0 Å². The van der Waals surface area contributed by atoms with Crippen LogP contribution in [0.1, 0.15) is 10.4 Å². The molecule has 0 saturated carbocycles. The molecule has 122 valence electrons. The van der Waals surface area contributed by atoms with E-state index in [4.69, 9.17) is 4.74 Å². The van der Waals surface area contributed by atoms with Crippen LogP contribution in [0.15, 0.2) is 72.1 Å². The molecule has 0 aliphatic carbocycles. The van der Waals surface area contributed by atoms with Crippen molar-refractivity contribution in [3.05, 3.63) is 82.6 Å². The summed E-state index contributed by atoms with van der Waals surface area (Å²) in [5, 5.41) is 2.02. The first kappa shape index (κ1) is 16.3. The fourth-order valence-electron chi connectivity index (χ4n) is 2.35. The predicted octanol–water partition coefficient (Wildman–Crippen LogP) is 4.67. The quantitative estimate of drug-likeness (QED) is 0.654. The third-order valence-electron chi connectivity index (χ3n) is 3.65. The molecule has 3 nitrogen and oxygen atoms in total. The van der Waals surface area contributed by atoms with Crippen LogP contribution in [0.5, 0.6) is 5.75 Å². The molecule has 1 amide bonds. The Balaban J connectivity index is 1.72. The summed E-state index contributed by atoms with van der Waals surface area (Å²) in [6.07, 6.45) is 0. The normalized spacial score (nSPS) is 10.4. The van der Waals surface area contributed by atoms with Crippen molar-refractivity contribution < 1.29 is 9.53 Å². The number of amides is 1. The third-order valence-corrected chi connectivity index (χ3v) is 4.51. The van der Waals surface area contributed by atoms with E-state index in [2.05, 4.69) is 0 Å². The van der Waals surface area contributed by atoms with Crippen molar-refractivity contribution in [2.75, 3.05) is 11.5 Å². The smallest absolute Gasteiger partial charge is 0.265 e. The van der Waals surface area contributed by atoms with Crippen LogP contribution in [-0.4, -0.2) is 12.5 Å². The van der Waals surface area contributed by atoms with Gasteiger partial charge in [-0.3, -0.25) is 4.79 Å². The van der Waals surface area contributed by atoms with Crippen LogP contribution in [0.25, 0.3) is 0 Å². The Morgan fingerprint density at radius 3 is 2.42 bits per heavy atom. The molecule has 3 aromatic rings. The molecule has 0 radical (unpaired) electrons. The van der Waals surface area contributed by atoms with Gasteiger partial charge in [0.25, 0.3) is 5.91 Å². The van der Waals surface area contributed by atoms with E-state index in [1.807, 2.05) is 79.0 Å². The minimum absolute atomic E-state index is 0.0172. The summed E-state index contributed by atoms with van der Waals surface area (Å²) in [4.78, 5) is 15.6. The second kappa shape index (κ2) is 7.79. The summed E-state index contributed by atoms with van der Waals surface area (Å²) in [6, 6.07) is 21.4. The molecular weight excluding hydrogens is 318 g/mol. The molecule has 0 spiro atoms. The molecule has 0 bridgehead atoms. The Bertz CT molecular complexity index is 767. The Labute approximate surface area is 146 Å². The number of aryl methyl sites for hydroxylation is 1. The number of anilines is 1. The Kier molecular flexibility index (Phi) is 5.29. The predicted molar refractivity (Wildman–Crippen MR) is 98.6 cm³/mol. The molecule has 0 saturated heterocycles. The Hall–Kier alpha value is -2.59. The Morgan fingerprint density at radius 2 is 1.75 bits per heavy atom. The maximum Gasteiger partial charge on any atom is 0.265 e. The van der Waals surface area contributed by atoms with Crippen LogP contribution in [-0.2, 0) is 11.3 Å². The van der Waals surface area contributed by atoms with Crippen molar-refractivity contribution >= 4 is 22.9 Å². The maximum absolute atomic E-state index is 12.7. The van der Waals surface area contributed by atoms with Gasteiger partial charge in [0.1, 0.15) is 5.75 Å². The minimum Gasteiger partial charge on any atom is -0.484 e. The number of thiophene rings is 1. The van der Waals surface area contributed by atoms with Gasteiger partial charge in [0, 0.05) is 10.6 Å². The molecule has 0 aliphatic heterocycles. The standard InChI is InChI=1S/C20H19NO2S/c1-16-9-11-18(12-10-16)23-15-20(22)21(14-19-8-5-13-24-19)17-6-3-2-4-7-17/h2-13H,14-15H2,1H3. The number of ether oxygens (including phenoxy) is 1. The van der Waals surface area contributed by atoms with Gasteiger partial charge < -0.3 is 9.64 Å². The van der Waals surface area contributed by atoms with Gasteiger partial charge in [-0.1, -0.05) is 42.0 Å². The maximum atomic E-state index is 12.7. The summed E-state index contributed by atoms with van der Waals surface area (Å²) >= 11 is 1.64. The van der Waals surface area contributed by atoms with E-state index < -0.39 is 0 Å². The van der Waals surface area contributed by atoms with Crippen molar-refractivity contribution in [1.82, 2.24) is 0 Å². The SMILES string of the molecule is Cc1ccc(OCC(=O)N(Cc2cccs2)c2ccccc2)cc1. The lowest BCUT2D eigenvalue weighted by Gasteiger charge is -2.22. The minimum atomic E-state index is -0.0600. The lowest BCUT2D eigenvalue weighted by molar-refractivity contribution is -0.120. The largest absolute Gasteiger partial charge is 0.484 e. The van der Waals surface area contributed by atoms with Gasteiger partial charge in [-0.05, 0) is 42.6 Å². The first-order chi connectivity index (χ1) is 11.7. The van der Waals surface area contributed by atoms with E-state index in [0.717, 1.165) is 16.1 Å². The van der Waals surface area contributed by atoms with Crippen molar-refractivity contribution in [1.29, 1.82) is 0 Å². The van der Waals surface area contributed by atoms with Crippen molar-refractivity contribution in [2.45, 2.75) is 13.5 Å². The van der Waals surface area contributed by atoms with E-state index in [1.165, 1.54) is 0 Å². The number of para-hydroxylation sites is 1. The molecule has 0 N–H and O–H groups in total. The summed E-state index contributed by atoms with van der Waals surface area (Å²) in [6.45, 7) is 2.59. The van der Waals surface area contributed by atoms with Crippen LogP contribution < -0.4 is 9.64 Å². The van der Waals surface area contributed by atoms with Crippen molar-refractivity contribution in [3.8, 4) is 5.75 Å². The second-order valence-corrected chi connectivity index (χ2v) is 6.53. The summed E-state index contributed by atoms with van der Waals surface area (Å²) in [5.41, 5.74) is 2.04. The van der Waals surface area contributed by atoms with E-state index in [0.29, 0.717) is 12.3 Å².